The maximum Gasteiger partial charge on any atom is 0.360 e. The molecule has 4 rings (SSSR count). The van der Waals surface area contributed by atoms with Gasteiger partial charge in [0.15, 0.2) is 21.2 Å². The van der Waals surface area contributed by atoms with Crippen molar-refractivity contribution in [3.63, 3.8) is 0 Å². The van der Waals surface area contributed by atoms with Crippen molar-refractivity contribution < 1.29 is 22.4 Å². The second-order valence-corrected chi connectivity index (χ2v) is 9.61. The van der Waals surface area contributed by atoms with Gasteiger partial charge in [-0.1, -0.05) is 41.4 Å². The van der Waals surface area contributed by atoms with Crippen LogP contribution < -0.4 is 0 Å². The van der Waals surface area contributed by atoms with Crippen molar-refractivity contribution in [2.24, 2.45) is 0 Å². The van der Waals surface area contributed by atoms with Gasteiger partial charge in [0, 0.05) is 11.8 Å². The molecule has 0 aliphatic carbocycles. The molecule has 12 heteroatoms. The first-order valence-corrected chi connectivity index (χ1v) is 12.2. The lowest BCUT2D eigenvalue weighted by Crippen LogP contribution is -2.07. The van der Waals surface area contributed by atoms with Crippen LogP contribution in [0, 0.1) is 0 Å². The molecule has 0 atom stereocenters. The van der Waals surface area contributed by atoms with Crippen molar-refractivity contribution in [1.29, 1.82) is 0 Å². The van der Waals surface area contributed by atoms with Gasteiger partial charge in [-0.15, -0.1) is 10.2 Å². The Morgan fingerprint density at radius 2 is 1.82 bits per heavy atom. The molecule has 0 saturated carbocycles. The van der Waals surface area contributed by atoms with Crippen LogP contribution in [0.15, 0.2) is 57.8 Å². The summed E-state index contributed by atoms with van der Waals surface area (Å²) in [4.78, 5) is 12.5. The molecule has 4 aromatic rings. The molecule has 0 fully saturated rings. The standard InChI is InChI=1S/C21H16Cl2N4O5S/c1-3-31-21(28)17-16(23)18(27(26-17)15-10-5-4-9-14(15)22)20-25-24-19(32-20)12-7-6-8-13(11-12)33(2,29)30/h4-11H,3H2,1-2H3. The van der Waals surface area contributed by atoms with E-state index in [0.717, 1.165) is 6.26 Å². The number of hydrogen-bond acceptors (Lipinski definition) is 8. The molecule has 9 nitrogen and oxygen atoms in total. The van der Waals surface area contributed by atoms with Crippen LogP contribution in [0.25, 0.3) is 28.7 Å². The number of benzene rings is 2. The van der Waals surface area contributed by atoms with Crippen LogP contribution >= 0.6 is 23.2 Å². The van der Waals surface area contributed by atoms with Gasteiger partial charge in [-0.05, 0) is 37.3 Å². The van der Waals surface area contributed by atoms with Gasteiger partial charge < -0.3 is 9.15 Å². The quantitative estimate of drug-likeness (QED) is 0.351. The molecular formula is C21H16Cl2N4O5S. The number of ether oxygens (including phenoxy) is 1. The van der Waals surface area contributed by atoms with Gasteiger partial charge in [0.05, 0.1) is 22.2 Å². The zero-order valence-corrected chi connectivity index (χ0v) is 19.6. The predicted octanol–water partition coefficient (Wildman–Crippen LogP) is 4.48. The first-order chi connectivity index (χ1) is 15.7. The second-order valence-electron chi connectivity index (χ2n) is 6.81. The van der Waals surface area contributed by atoms with Crippen LogP contribution in [0.1, 0.15) is 17.4 Å². The predicted molar refractivity (Wildman–Crippen MR) is 121 cm³/mol. The average Bonchev–Trinajstić information content (AvgIpc) is 3.38. The molecular weight excluding hydrogens is 491 g/mol. The van der Waals surface area contributed by atoms with E-state index in [1.807, 2.05) is 0 Å². The Bertz CT molecular complexity index is 1460. The van der Waals surface area contributed by atoms with Gasteiger partial charge in [-0.3, -0.25) is 0 Å². The molecule has 0 bridgehead atoms. The van der Waals surface area contributed by atoms with Gasteiger partial charge in [-0.25, -0.2) is 17.9 Å². The minimum atomic E-state index is -3.44. The number of esters is 1. The van der Waals surface area contributed by atoms with Crippen molar-refractivity contribution >= 4 is 39.0 Å². The summed E-state index contributed by atoms with van der Waals surface area (Å²) in [6.07, 6.45) is 1.10. The van der Waals surface area contributed by atoms with Crippen LogP contribution in [0.5, 0.6) is 0 Å². The number of aromatic nitrogens is 4. The Morgan fingerprint density at radius 1 is 1.09 bits per heavy atom. The normalized spacial score (nSPS) is 11.5. The Balaban J connectivity index is 1.87. The molecule has 0 N–H and O–H groups in total. The molecule has 0 aliphatic heterocycles. The number of sulfone groups is 1. The summed E-state index contributed by atoms with van der Waals surface area (Å²) >= 11 is 12.8. The molecule has 2 aromatic heterocycles. The van der Waals surface area contributed by atoms with Crippen molar-refractivity contribution in [3.05, 3.63) is 64.3 Å². The number of para-hydroxylation sites is 1. The molecule has 0 spiro atoms. The molecule has 0 aliphatic rings. The minimum absolute atomic E-state index is 0.0520. The third-order valence-electron chi connectivity index (χ3n) is 4.51. The average molecular weight is 507 g/mol. The summed E-state index contributed by atoms with van der Waals surface area (Å²) in [6.45, 7) is 1.79. The van der Waals surface area contributed by atoms with Gasteiger partial charge in [-0.2, -0.15) is 5.10 Å². The second kappa shape index (κ2) is 8.97. The van der Waals surface area contributed by atoms with E-state index in [-0.39, 0.29) is 39.7 Å². The van der Waals surface area contributed by atoms with Crippen LogP contribution in [-0.4, -0.2) is 47.2 Å². The van der Waals surface area contributed by atoms with E-state index in [9.17, 15) is 13.2 Å². The van der Waals surface area contributed by atoms with Crippen molar-refractivity contribution in [2.45, 2.75) is 11.8 Å². The number of carbonyl (C=O) groups is 1. The van der Waals surface area contributed by atoms with Gasteiger partial charge in [0.1, 0.15) is 5.02 Å². The first-order valence-electron chi connectivity index (χ1n) is 9.55. The smallest absolute Gasteiger partial charge is 0.360 e. The molecule has 33 heavy (non-hydrogen) atoms. The summed E-state index contributed by atoms with van der Waals surface area (Å²) < 4.78 is 35.9. The van der Waals surface area contributed by atoms with E-state index in [0.29, 0.717) is 16.3 Å². The fourth-order valence-corrected chi connectivity index (χ4v) is 4.16. The zero-order chi connectivity index (χ0) is 23.8. The lowest BCUT2D eigenvalue weighted by Gasteiger charge is -2.06. The fraction of sp³-hybridized carbons (Fsp3) is 0.143. The SMILES string of the molecule is CCOC(=O)c1nn(-c2ccccc2Cl)c(-c2nnc(-c3cccc(S(C)(=O)=O)c3)o2)c1Cl. The van der Waals surface area contributed by atoms with Crippen molar-refractivity contribution in [3.8, 4) is 28.7 Å². The summed E-state index contributed by atoms with van der Waals surface area (Å²) in [5.41, 5.74) is 0.797. The zero-order valence-electron chi connectivity index (χ0n) is 17.3. The summed E-state index contributed by atoms with van der Waals surface area (Å²) in [6, 6.07) is 12.9. The van der Waals surface area contributed by atoms with Crippen molar-refractivity contribution in [1.82, 2.24) is 20.0 Å². The number of carbonyl (C=O) groups excluding carboxylic acids is 1. The third-order valence-corrected chi connectivity index (χ3v) is 6.30. The van der Waals surface area contributed by atoms with E-state index >= 15 is 0 Å². The van der Waals surface area contributed by atoms with Crippen LogP contribution in [0.2, 0.25) is 10.0 Å². The Labute approximate surface area is 198 Å². The summed E-state index contributed by atoms with van der Waals surface area (Å²) in [5, 5.41) is 12.6. The van der Waals surface area contributed by atoms with E-state index in [1.165, 1.54) is 16.8 Å². The monoisotopic (exact) mass is 506 g/mol. The molecule has 170 valence electrons. The van der Waals surface area contributed by atoms with E-state index in [1.54, 1.807) is 43.3 Å². The molecule has 2 aromatic carbocycles. The first kappa shape index (κ1) is 23.0. The summed E-state index contributed by atoms with van der Waals surface area (Å²) in [5.74, 6) is -0.728. The highest BCUT2D eigenvalue weighted by Crippen LogP contribution is 2.36. The van der Waals surface area contributed by atoms with Gasteiger partial charge in [0.2, 0.25) is 5.89 Å². The van der Waals surface area contributed by atoms with Crippen LogP contribution in [0.4, 0.5) is 0 Å². The topological polar surface area (TPSA) is 117 Å². The number of hydrogen-bond donors (Lipinski definition) is 0. The third kappa shape index (κ3) is 4.50. The Kier molecular flexibility index (Phi) is 6.24. The van der Waals surface area contributed by atoms with Crippen molar-refractivity contribution in [2.75, 3.05) is 12.9 Å². The number of nitrogens with zero attached hydrogens (tertiary/aromatic N) is 4. The Hall–Kier alpha value is -3.21. The highest BCUT2D eigenvalue weighted by Gasteiger charge is 2.29. The number of rotatable bonds is 6. The summed E-state index contributed by atoms with van der Waals surface area (Å²) in [7, 11) is -3.44. The molecule has 0 saturated heterocycles. The lowest BCUT2D eigenvalue weighted by molar-refractivity contribution is 0.0519. The van der Waals surface area contributed by atoms with Crippen LogP contribution in [-0.2, 0) is 14.6 Å². The van der Waals surface area contributed by atoms with E-state index in [4.69, 9.17) is 32.4 Å². The molecule has 0 unspecified atom stereocenters. The lowest BCUT2D eigenvalue weighted by atomic mass is 10.2. The number of halogens is 2. The van der Waals surface area contributed by atoms with E-state index in [2.05, 4.69) is 15.3 Å². The largest absolute Gasteiger partial charge is 0.461 e. The molecule has 0 amide bonds. The maximum absolute atomic E-state index is 12.4. The maximum atomic E-state index is 12.4. The highest BCUT2D eigenvalue weighted by molar-refractivity contribution is 7.90. The van der Waals surface area contributed by atoms with Gasteiger partial charge >= 0.3 is 5.97 Å². The highest BCUT2D eigenvalue weighted by atomic mass is 35.5. The van der Waals surface area contributed by atoms with Gasteiger partial charge in [0.25, 0.3) is 5.89 Å². The molecule has 0 radical (unpaired) electrons. The van der Waals surface area contributed by atoms with Crippen LogP contribution in [0.3, 0.4) is 0 Å². The fourth-order valence-electron chi connectivity index (χ4n) is 3.01. The minimum Gasteiger partial charge on any atom is -0.461 e. The molecule has 2 heterocycles. The van der Waals surface area contributed by atoms with E-state index < -0.39 is 15.8 Å². The Morgan fingerprint density at radius 3 is 2.52 bits per heavy atom.